The van der Waals surface area contributed by atoms with Gasteiger partial charge in [-0.1, -0.05) is 62.4 Å². The number of urea groups is 1. The minimum atomic E-state index is -0.784. The van der Waals surface area contributed by atoms with Crippen LogP contribution >= 0.6 is 0 Å². The molecule has 1 unspecified atom stereocenters. The number of ether oxygens (including phenoxy) is 1. The zero-order valence-corrected chi connectivity index (χ0v) is 23.1. The van der Waals surface area contributed by atoms with Gasteiger partial charge in [0.25, 0.3) is 0 Å². The number of benzene rings is 1. The minimum Gasteiger partial charge on any atom is -0.375 e. The Kier molecular flexibility index (Phi) is 11.4. The van der Waals surface area contributed by atoms with Crippen molar-refractivity contribution in [3.63, 3.8) is 0 Å². The van der Waals surface area contributed by atoms with Gasteiger partial charge in [-0.2, -0.15) is 10.3 Å². The number of halogens is 1. The van der Waals surface area contributed by atoms with E-state index in [2.05, 4.69) is 11.9 Å². The molecule has 214 valence electrons. The third kappa shape index (κ3) is 7.77. The number of carbonyl (C=O) groups excluding carboxylic acids is 3. The van der Waals surface area contributed by atoms with E-state index in [0.717, 1.165) is 5.56 Å². The summed E-state index contributed by atoms with van der Waals surface area (Å²) in [5.41, 5.74) is 1.50. The molecular weight excluding hydrogens is 515 g/mol. The van der Waals surface area contributed by atoms with Crippen LogP contribution in [0, 0.1) is 11.3 Å². The molecule has 10 nitrogen and oxygen atoms in total. The summed E-state index contributed by atoms with van der Waals surface area (Å²) in [5, 5.41) is 15.1. The molecule has 2 atom stereocenters. The van der Waals surface area contributed by atoms with Crippen LogP contribution in [0.1, 0.15) is 32.3 Å². The van der Waals surface area contributed by atoms with Gasteiger partial charge < -0.3 is 19.9 Å². The van der Waals surface area contributed by atoms with Gasteiger partial charge in [-0.15, -0.1) is 0 Å². The molecule has 11 heteroatoms. The number of nitrogens with zero attached hydrogens (tertiary/aromatic N) is 5. The van der Waals surface area contributed by atoms with Gasteiger partial charge in [0.1, 0.15) is 24.6 Å². The molecule has 1 aromatic carbocycles. The van der Waals surface area contributed by atoms with Crippen LogP contribution in [-0.4, -0.2) is 89.3 Å². The van der Waals surface area contributed by atoms with Gasteiger partial charge in [-0.05, 0) is 30.6 Å². The van der Waals surface area contributed by atoms with Crippen LogP contribution in [0.25, 0.3) is 0 Å². The first kappa shape index (κ1) is 30.5. The van der Waals surface area contributed by atoms with E-state index in [0.29, 0.717) is 18.4 Å². The second-order valence-corrected chi connectivity index (χ2v) is 9.56. The van der Waals surface area contributed by atoms with Crippen LogP contribution < -0.4 is 5.32 Å². The van der Waals surface area contributed by atoms with E-state index >= 15 is 0 Å². The summed E-state index contributed by atoms with van der Waals surface area (Å²) in [6, 6.07) is 10.2. The fourth-order valence-electron chi connectivity index (χ4n) is 4.94. The Bertz CT molecular complexity index is 1160. The molecule has 0 aliphatic carbocycles. The Labute approximate surface area is 234 Å². The molecule has 4 amide bonds. The van der Waals surface area contributed by atoms with Crippen LogP contribution in [0.15, 0.2) is 66.5 Å². The fourth-order valence-corrected chi connectivity index (χ4v) is 4.94. The average molecular weight is 553 g/mol. The summed E-state index contributed by atoms with van der Waals surface area (Å²) in [4.78, 5) is 43.3. The third-order valence-electron chi connectivity index (χ3n) is 6.64. The van der Waals surface area contributed by atoms with Crippen LogP contribution in [0.4, 0.5) is 9.18 Å². The molecule has 0 radical (unpaired) electrons. The van der Waals surface area contributed by atoms with E-state index in [4.69, 9.17) is 4.74 Å². The maximum atomic E-state index is 13.5. The molecule has 0 aromatic heterocycles. The van der Waals surface area contributed by atoms with Crippen LogP contribution in [0.2, 0.25) is 0 Å². The van der Waals surface area contributed by atoms with Crippen molar-refractivity contribution in [2.24, 2.45) is 0 Å². The van der Waals surface area contributed by atoms with E-state index in [-0.39, 0.29) is 57.8 Å². The molecule has 2 aliphatic rings. The van der Waals surface area contributed by atoms with Crippen LogP contribution in [0.3, 0.4) is 0 Å². The van der Waals surface area contributed by atoms with Crippen LogP contribution in [-0.2, 0) is 20.9 Å². The van der Waals surface area contributed by atoms with Gasteiger partial charge in [0.2, 0.25) is 11.8 Å². The largest absolute Gasteiger partial charge is 0.375 e. The molecule has 40 heavy (non-hydrogen) atoms. The smallest absolute Gasteiger partial charge is 0.334 e. The molecule has 2 heterocycles. The fraction of sp³-hybridized carbons (Fsp3) is 0.448. The first-order valence-corrected chi connectivity index (χ1v) is 13.4. The van der Waals surface area contributed by atoms with E-state index in [9.17, 15) is 24.0 Å². The minimum absolute atomic E-state index is 0.0632. The van der Waals surface area contributed by atoms with Gasteiger partial charge in [-0.3, -0.25) is 9.59 Å². The zero-order valence-electron chi connectivity index (χ0n) is 23.1. The van der Waals surface area contributed by atoms with Crippen molar-refractivity contribution in [2.45, 2.75) is 45.4 Å². The molecule has 1 N–H and O–H groups in total. The number of nitrogens with one attached hydrogen (secondary N) is 1. The highest BCUT2D eigenvalue weighted by Crippen LogP contribution is 2.28. The van der Waals surface area contributed by atoms with Gasteiger partial charge in [0, 0.05) is 13.1 Å². The van der Waals surface area contributed by atoms with E-state index in [1.165, 1.54) is 21.0 Å². The summed E-state index contributed by atoms with van der Waals surface area (Å²) in [6.45, 7) is 7.49. The second kappa shape index (κ2) is 15.0. The number of carbonyl (C=O) groups is 3. The quantitative estimate of drug-likeness (QED) is 0.243. The van der Waals surface area contributed by atoms with Crippen molar-refractivity contribution in [3.05, 3.63) is 72.1 Å². The molecule has 0 bridgehead atoms. The Morgan fingerprint density at radius 2 is 2.05 bits per heavy atom. The van der Waals surface area contributed by atoms with Gasteiger partial charge in [0.05, 0.1) is 32.4 Å². The number of fused-ring (bicyclic) bond motifs is 1. The highest BCUT2D eigenvalue weighted by atomic mass is 19.1. The molecule has 0 saturated carbocycles. The van der Waals surface area contributed by atoms with Crippen molar-refractivity contribution < 1.29 is 23.5 Å². The number of piperazine rings is 1. The zero-order chi connectivity index (χ0) is 29.1. The third-order valence-corrected chi connectivity index (χ3v) is 6.64. The molecular formula is C29H37FN6O4. The number of hydrogen-bond donors (Lipinski definition) is 1. The summed E-state index contributed by atoms with van der Waals surface area (Å²) < 4.78 is 19.0. The topological polar surface area (TPSA) is 109 Å². The predicted molar refractivity (Wildman–Crippen MR) is 148 cm³/mol. The van der Waals surface area contributed by atoms with E-state index in [1.807, 2.05) is 50.2 Å². The van der Waals surface area contributed by atoms with Gasteiger partial charge in [-0.25, -0.2) is 14.2 Å². The monoisotopic (exact) mass is 552 g/mol. The maximum Gasteiger partial charge on any atom is 0.334 e. The first-order valence-electron chi connectivity index (χ1n) is 13.4. The standard InChI is InChI=1S/C29H37FN6O4/c1-4-9-24(17-22(3)30)21-40-16-15-33-19-26-35(25(10-5-2)28(33)38)27(37)20-34(14-13-31)36(26)29(39)32-18-23-11-7-6-8-12-23/h4,6-9,11-12,17,25-26H,3,5,10,14-16,18-21H2,1-2H3,(H,32,39)/b9-4-,24-17+/t25-,26?/m0/s1. The number of amides is 4. The van der Waals surface area contributed by atoms with Crippen molar-refractivity contribution in [2.75, 3.05) is 39.4 Å². The SMILES string of the molecule is C=C(F)/C=C(\C=C/C)COCCN1CC2N(C(=O)CN(CC#N)N2C(=O)NCc2ccccc2)[C@@H](CCC)C1=O. The Morgan fingerprint density at radius 1 is 1.30 bits per heavy atom. The maximum absolute atomic E-state index is 13.5. The summed E-state index contributed by atoms with van der Waals surface area (Å²) in [7, 11) is 0. The summed E-state index contributed by atoms with van der Waals surface area (Å²) in [6.07, 6.45) is 5.07. The van der Waals surface area contributed by atoms with E-state index in [1.54, 1.807) is 17.1 Å². The number of allylic oxidation sites excluding steroid dienone is 3. The lowest BCUT2D eigenvalue weighted by Crippen LogP contribution is -2.76. The normalized spacial score (nSPS) is 20.1. The van der Waals surface area contributed by atoms with Crippen molar-refractivity contribution >= 4 is 17.8 Å². The summed E-state index contributed by atoms with van der Waals surface area (Å²) in [5.74, 6) is -1.10. The first-order chi connectivity index (χ1) is 19.3. The Morgan fingerprint density at radius 3 is 2.70 bits per heavy atom. The molecule has 3 rings (SSSR count). The van der Waals surface area contributed by atoms with Gasteiger partial charge >= 0.3 is 6.03 Å². The molecule has 2 aliphatic heterocycles. The molecule has 2 fully saturated rings. The number of hydrazine groups is 1. The van der Waals surface area contributed by atoms with Crippen molar-refractivity contribution in [1.82, 2.24) is 25.1 Å². The van der Waals surface area contributed by atoms with Gasteiger partial charge in [0.15, 0.2) is 0 Å². The van der Waals surface area contributed by atoms with Crippen molar-refractivity contribution in [1.29, 1.82) is 5.26 Å². The highest BCUT2D eigenvalue weighted by molar-refractivity contribution is 5.91. The van der Waals surface area contributed by atoms with Crippen molar-refractivity contribution in [3.8, 4) is 6.07 Å². The average Bonchev–Trinajstić information content (AvgIpc) is 2.92. The summed E-state index contributed by atoms with van der Waals surface area (Å²) >= 11 is 0. The lowest BCUT2D eigenvalue weighted by atomic mass is 10.0. The Balaban J connectivity index is 1.80. The second-order valence-electron chi connectivity index (χ2n) is 9.56. The molecule has 2 saturated heterocycles. The van der Waals surface area contributed by atoms with Crippen LogP contribution in [0.5, 0.6) is 0 Å². The number of nitriles is 1. The van der Waals surface area contributed by atoms with E-state index < -0.39 is 24.1 Å². The molecule has 0 spiro atoms. The molecule has 1 aromatic rings. The predicted octanol–water partition coefficient (Wildman–Crippen LogP) is 3.12. The number of rotatable bonds is 12. The lowest BCUT2D eigenvalue weighted by molar-refractivity contribution is -0.189. The Hall–Kier alpha value is -4.01. The highest BCUT2D eigenvalue weighted by Gasteiger charge is 2.50. The number of hydrogen-bond acceptors (Lipinski definition) is 6. The lowest BCUT2D eigenvalue weighted by Gasteiger charge is -2.54.